The Kier molecular flexibility index (Phi) is 6.36. The molecule has 0 saturated carbocycles. The van der Waals surface area contributed by atoms with Crippen LogP contribution in [0.4, 0.5) is 30.2 Å². The summed E-state index contributed by atoms with van der Waals surface area (Å²) in [7, 11) is 1.46. The van der Waals surface area contributed by atoms with Crippen molar-refractivity contribution in [2.24, 2.45) is 0 Å². The number of amides is 1. The van der Waals surface area contributed by atoms with E-state index < -0.39 is 39.5 Å². The van der Waals surface area contributed by atoms with E-state index >= 15 is 0 Å². The van der Waals surface area contributed by atoms with Gasteiger partial charge in [0.05, 0.1) is 17.1 Å². The topological polar surface area (TPSA) is 126 Å². The van der Waals surface area contributed by atoms with Gasteiger partial charge in [0.1, 0.15) is 11.4 Å². The van der Waals surface area contributed by atoms with Crippen molar-refractivity contribution in [3.05, 3.63) is 62.1 Å². The Morgan fingerprint density at radius 1 is 1.29 bits per heavy atom. The standard InChI is InChI=1S/C16H15F3N4O5/c1-28-5-4-20-11-3-2-9(6-13(11)23(26)27)14(24)22-12-7-10(16(17,18)19)8-21-15(12)25/h2-3,6-8,20H,4-5H2,1H3,(H,21,25)(H,22,24). The first kappa shape index (κ1) is 20.9. The van der Waals surface area contributed by atoms with Crippen LogP contribution in [0, 0.1) is 10.1 Å². The van der Waals surface area contributed by atoms with Crippen LogP contribution in [-0.2, 0) is 10.9 Å². The lowest BCUT2D eigenvalue weighted by Crippen LogP contribution is -2.21. The first-order valence-electron chi connectivity index (χ1n) is 7.76. The largest absolute Gasteiger partial charge is 0.417 e. The molecule has 3 N–H and O–H groups in total. The highest BCUT2D eigenvalue weighted by atomic mass is 19.4. The summed E-state index contributed by atoms with van der Waals surface area (Å²) in [6, 6.07) is 3.94. The number of hydrogen-bond donors (Lipinski definition) is 3. The maximum absolute atomic E-state index is 12.7. The number of nitrogens with one attached hydrogen (secondary N) is 3. The predicted octanol–water partition coefficient (Wildman–Crippen LogP) is 2.61. The van der Waals surface area contributed by atoms with E-state index in [9.17, 15) is 32.9 Å². The van der Waals surface area contributed by atoms with Crippen molar-refractivity contribution in [2.75, 3.05) is 30.9 Å². The lowest BCUT2D eigenvalue weighted by Gasteiger charge is -2.10. The molecule has 12 heteroatoms. The van der Waals surface area contributed by atoms with E-state index in [-0.39, 0.29) is 24.4 Å². The molecule has 0 aliphatic heterocycles. The van der Waals surface area contributed by atoms with Crippen molar-refractivity contribution >= 4 is 23.0 Å². The zero-order valence-corrected chi connectivity index (χ0v) is 14.4. The molecule has 0 atom stereocenters. The zero-order chi connectivity index (χ0) is 20.9. The van der Waals surface area contributed by atoms with Crippen LogP contribution in [0.1, 0.15) is 15.9 Å². The van der Waals surface area contributed by atoms with Crippen LogP contribution in [0.2, 0.25) is 0 Å². The van der Waals surface area contributed by atoms with Gasteiger partial charge in [-0.3, -0.25) is 19.7 Å². The number of nitro groups is 1. The first-order valence-corrected chi connectivity index (χ1v) is 7.76. The summed E-state index contributed by atoms with van der Waals surface area (Å²) < 4.78 is 43.1. The Balaban J connectivity index is 2.28. The lowest BCUT2D eigenvalue weighted by atomic mass is 10.1. The number of pyridine rings is 1. The number of carbonyl (C=O) groups is 1. The van der Waals surface area contributed by atoms with Gasteiger partial charge >= 0.3 is 6.18 Å². The molecule has 1 aromatic heterocycles. The van der Waals surface area contributed by atoms with Crippen molar-refractivity contribution in [2.45, 2.75) is 6.18 Å². The second-order valence-corrected chi connectivity index (χ2v) is 5.49. The summed E-state index contributed by atoms with van der Waals surface area (Å²) in [5.74, 6) is -0.976. The number of nitrogens with zero attached hydrogens (tertiary/aromatic N) is 1. The SMILES string of the molecule is COCCNc1ccc(C(=O)Nc2cc(C(F)(F)F)c[nH]c2=O)cc1[N+](=O)[O-]. The van der Waals surface area contributed by atoms with Gasteiger partial charge in [-0.2, -0.15) is 13.2 Å². The van der Waals surface area contributed by atoms with Crippen LogP contribution in [-0.4, -0.2) is 36.1 Å². The van der Waals surface area contributed by atoms with Gasteiger partial charge < -0.3 is 20.4 Å². The third-order valence-corrected chi connectivity index (χ3v) is 3.56. The van der Waals surface area contributed by atoms with E-state index in [2.05, 4.69) is 5.32 Å². The molecular formula is C16H15F3N4O5. The fraction of sp³-hybridized carbons (Fsp3) is 0.250. The Morgan fingerprint density at radius 3 is 2.61 bits per heavy atom. The molecule has 2 rings (SSSR count). The van der Waals surface area contributed by atoms with Crippen LogP contribution >= 0.6 is 0 Å². The van der Waals surface area contributed by atoms with E-state index in [1.807, 2.05) is 10.3 Å². The molecule has 1 heterocycles. The summed E-state index contributed by atoms with van der Waals surface area (Å²) in [6.45, 7) is 0.570. The Morgan fingerprint density at radius 2 is 2.00 bits per heavy atom. The van der Waals surface area contributed by atoms with E-state index in [0.29, 0.717) is 12.3 Å². The molecule has 0 fully saturated rings. The number of ether oxygens (including phenoxy) is 1. The number of H-pyrrole nitrogens is 1. The van der Waals surface area contributed by atoms with Crippen molar-refractivity contribution in [3.8, 4) is 0 Å². The van der Waals surface area contributed by atoms with Crippen molar-refractivity contribution < 1.29 is 27.6 Å². The van der Waals surface area contributed by atoms with Crippen molar-refractivity contribution in [1.82, 2.24) is 4.98 Å². The number of halogens is 3. The molecule has 0 bridgehead atoms. The van der Waals surface area contributed by atoms with Crippen LogP contribution in [0.3, 0.4) is 0 Å². The second-order valence-electron chi connectivity index (χ2n) is 5.49. The molecule has 0 unspecified atom stereocenters. The minimum Gasteiger partial charge on any atom is -0.383 e. The number of anilines is 2. The summed E-state index contributed by atoms with van der Waals surface area (Å²) in [6.07, 6.45) is -4.25. The van der Waals surface area contributed by atoms with Gasteiger partial charge in [-0.05, 0) is 18.2 Å². The molecule has 2 aromatic rings. The smallest absolute Gasteiger partial charge is 0.383 e. The fourth-order valence-corrected chi connectivity index (χ4v) is 2.20. The van der Waals surface area contributed by atoms with Gasteiger partial charge in [-0.1, -0.05) is 0 Å². The van der Waals surface area contributed by atoms with E-state index in [4.69, 9.17) is 4.74 Å². The molecule has 0 radical (unpaired) electrons. The average Bonchev–Trinajstić information content (AvgIpc) is 2.62. The van der Waals surface area contributed by atoms with Crippen LogP contribution in [0.5, 0.6) is 0 Å². The number of rotatable bonds is 7. The number of aromatic amines is 1. The molecule has 0 aliphatic rings. The summed E-state index contributed by atoms with van der Waals surface area (Å²) in [4.78, 5) is 36.3. The van der Waals surface area contributed by atoms with Gasteiger partial charge in [0.15, 0.2) is 0 Å². The van der Waals surface area contributed by atoms with Gasteiger partial charge in [0.2, 0.25) is 0 Å². The molecule has 0 aliphatic carbocycles. The van der Waals surface area contributed by atoms with Gasteiger partial charge in [0, 0.05) is 31.5 Å². The molecule has 150 valence electrons. The minimum atomic E-state index is -4.72. The molecule has 0 spiro atoms. The number of nitro benzene ring substituents is 1. The van der Waals surface area contributed by atoms with Gasteiger partial charge in [0.25, 0.3) is 17.2 Å². The van der Waals surface area contributed by atoms with Crippen LogP contribution in [0.25, 0.3) is 0 Å². The second kappa shape index (κ2) is 8.52. The molecule has 1 amide bonds. The quantitative estimate of drug-likeness (QED) is 0.373. The van der Waals surface area contributed by atoms with Crippen LogP contribution < -0.4 is 16.2 Å². The summed E-state index contributed by atoms with van der Waals surface area (Å²) in [5, 5.41) is 16.0. The van der Waals surface area contributed by atoms with Gasteiger partial charge in [-0.25, -0.2) is 0 Å². The molecule has 9 nitrogen and oxygen atoms in total. The molecular weight excluding hydrogens is 385 g/mol. The maximum atomic E-state index is 12.7. The molecule has 0 saturated heterocycles. The van der Waals surface area contributed by atoms with Gasteiger partial charge in [-0.15, -0.1) is 0 Å². The van der Waals surface area contributed by atoms with Crippen LogP contribution in [0.15, 0.2) is 35.3 Å². The number of alkyl halides is 3. The zero-order valence-electron chi connectivity index (χ0n) is 14.4. The third kappa shape index (κ3) is 5.07. The Bertz CT molecular complexity index is 943. The highest BCUT2D eigenvalue weighted by molar-refractivity contribution is 6.05. The number of aromatic nitrogens is 1. The minimum absolute atomic E-state index is 0.135. The highest BCUT2D eigenvalue weighted by Gasteiger charge is 2.31. The normalized spacial score (nSPS) is 11.1. The Hall–Kier alpha value is -3.41. The maximum Gasteiger partial charge on any atom is 0.417 e. The lowest BCUT2D eigenvalue weighted by molar-refractivity contribution is -0.384. The molecule has 1 aromatic carbocycles. The number of benzene rings is 1. The van der Waals surface area contributed by atoms with E-state index in [1.165, 1.54) is 19.2 Å². The Labute approximate surface area is 155 Å². The number of carbonyl (C=O) groups excluding carboxylic acids is 1. The van der Waals surface area contributed by atoms with Crippen molar-refractivity contribution in [3.63, 3.8) is 0 Å². The summed E-state index contributed by atoms with van der Waals surface area (Å²) >= 11 is 0. The monoisotopic (exact) mass is 400 g/mol. The highest BCUT2D eigenvalue weighted by Crippen LogP contribution is 2.29. The third-order valence-electron chi connectivity index (χ3n) is 3.56. The fourth-order valence-electron chi connectivity index (χ4n) is 2.20. The average molecular weight is 400 g/mol. The predicted molar refractivity (Wildman–Crippen MR) is 93.5 cm³/mol. The number of hydrogen-bond acceptors (Lipinski definition) is 6. The number of methoxy groups -OCH3 is 1. The first-order chi connectivity index (χ1) is 13.1. The van der Waals surface area contributed by atoms with Crippen molar-refractivity contribution in [1.29, 1.82) is 0 Å². The van der Waals surface area contributed by atoms with E-state index in [1.54, 1.807) is 0 Å². The molecule has 28 heavy (non-hydrogen) atoms. The van der Waals surface area contributed by atoms with E-state index in [0.717, 1.165) is 6.07 Å². The summed E-state index contributed by atoms with van der Waals surface area (Å²) in [5.41, 5.74) is -3.23.